The molecule has 160 valence electrons. The predicted octanol–water partition coefficient (Wildman–Crippen LogP) is 2.31. The van der Waals surface area contributed by atoms with Gasteiger partial charge in [-0.3, -0.25) is 4.79 Å². The Hall–Kier alpha value is -2.26. The van der Waals surface area contributed by atoms with Gasteiger partial charge >= 0.3 is 0 Å². The molecule has 0 unspecified atom stereocenters. The predicted molar refractivity (Wildman–Crippen MR) is 112 cm³/mol. The highest BCUT2D eigenvalue weighted by molar-refractivity contribution is 7.89. The molecule has 2 fully saturated rings. The van der Waals surface area contributed by atoms with Gasteiger partial charge in [-0.05, 0) is 36.8 Å². The molecule has 0 aromatic heterocycles. The molecule has 2 atom stereocenters. The van der Waals surface area contributed by atoms with E-state index in [1.54, 1.807) is 17.0 Å². The fourth-order valence-electron chi connectivity index (χ4n) is 3.86. The summed E-state index contributed by atoms with van der Waals surface area (Å²) in [6.07, 6.45) is -0.270. The van der Waals surface area contributed by atoms with E-state index in [0.717, 1.165) is 5.56 Å². The zero-order chi connectivity index (χ0) is 21.1. The van der Waals surface area contributed by atoms with Crippen molar-refractivity contribution >= 4 is 15.9 Å². The first-order valence-corrected chi connectivity index (χ1v) is 11.6. The molecule has 1 amide bonds. The highest BCUT2D eigenvalue weighted by atomic mass is 32.2. The maximum Gasteiger partial charge on any atom is 0.254 e. The summed E-state index contributed by atoms with van der Waals surface area (Å²) < 4.78 is 38.2. The minimum absolute atomic E-state index is 0.0890. The van der Waals surface area contributed by atoms with E-state index in [4.69, 9.17) is 9.47 Å². The molecule has 0 saturated carbocycles. The second-order valence-electron chi connectivity index (χ2n) is 7.60. The zero-order valence-corrected chi connectivity index (χ0v) is 17.8. The fraction of sp³-hybridized carbons (Fsp3) is 0.409. The number of ether oxygens (including phenoxy) is 2. The van der Waals surface area contributed by atoms with Gasteiger partial charge in [0.05, 0.1) is 30.8 Å². The van der Waals surface area contributed by atoms with Crippen LogP contribution in [0.5, 0.6) is 0 Å². The lowest BCUT2D eigenvalue weighted by atomic mass is 10.1. The fourth-order valence-corrected chi connectivity index (χ4v) is 5.27. The number of morpholine rings is 2. The number of rotatable bonds is 4. The van der Waals surface area contributed by atoms with Gasteiger partial charge in [0.1, 0.15) is 6.10 Å². The standard InChI is InChI=1S/C22H26N2O5S/c1-17-15-23(16-21(29-17)18-5-3-2-4-6-18)22(25)19-7-9-20(10-8-19)30(26,27)24-11-13-28-14-12-24/h2-10,17,21H,11-16H2,1H3/t17-,21+/m0/s1. The number of sulfonamides is 1. The summed E-state index contributed by atoms with van der Waals surface area (Å²) in [7, 11) is -3.57. The molecule has 4 rings (SSSR count). The molecule has 0 spiro atoms. The lowest BCUT2D eigenvalue weighted by molar-refractivity contribution is -0.0691. The van der Waals surface area contributed by atoms with Crippen molar-refractivity contribution in [2.75, 3.05) is 39.4 Å². The molecular formula is C22H26N2O5S. The number of amides is 1. The van der Waals surface area contributed by atoms with Crippen molar-refractivity contribution in [2.45, 2.75) is 24.0 Å². The van der Waals surface area contributed by atoms with E-state index in [1.165, 1.54) is 16.4 Å². The molecule has 0 bridgehead atoms. The van der Waals surface area contributed by atoms with Gasteiger partial charge in [0.25, 0.3) is 5.91 Å². The summed E-state index contributed by atoms with van der Waals surface area (Å²) in [5.41, 5.74) is 1.51. The van der Waals surface area contributed by atoms with Crippen molar-refractivity contribution in [1.82, 2.24) is 9.21 Å². The van der Waals surface area contributed by atoms with Crippen molar-refractivity contribution in [3.05, 3.63) is 65.7 Å². The summed E-state index contributed by atoms with van der Waals surface area (Å²) >= 11 is 0. The second kappa shape index (κ2) is 8.85. The maximum atomic E-state index is 13.1. The molecule has 0 radical (unpaired) electrons. The zero-order valence-electron chi connectivity index (χ0n) is 16.9. The monoisotopic (exact) mass is 430 g/mol. The van der Waals surface area contributed by atoms with Gasteiger partial charge in [0, 0.05) is 25.2 Å². The lowest BCUT2D eigenvalue weighted by Gasteiger charge is -2.37. The first-order valence-electron chi connectivity index (χ1n) is 10.1. The molecule has 2 aliphatic heterocycles. The third-order valence-electron chi connectivity index (χ3n) is 5.43. The summed E-state index contributed by atoms with van der Waals surface area (Å²) in [5, 5.41) is 0. The van der Waals surface area contributed by atoms with Crippen molar-refractivity contribution < 1.29 is 22.7 Å². The lowest BCUT2D eigenvalue weighted by Crippen LogP contribution is -2.46. The average molecular weight is 431 g/mol. The quantitative estimate of drug-likeness (QED) is 0.744. The molecule has 30 heavy (non-hydrogen) atoms. The molecule has 2 aromatic carbocycles. The van der Waals surface area contributed by atoms with Gasteiger partial charge in [-0.25, -0.2) is 8.42 Å². The van der Waals surface area contributed by atoms with E-state index in [0.29, 0.717) is 45.0 Å². The molecule has 2 heterocycles. The van der Waals surface area contributed by atoms with Crippen LogP contribution in [0.4, 0.5) is 0 Å². The summed E-state index contributed by atoms with van der Waals surface area (Å²) in [6.45, 7) is 4.39. The molecule has 2 saturated heterocycles. The molecule has 0 N–H and O–H groups in total. The van der Waals surface area contributed by atoms with E-state index in [1.807, 2.05) is 37.3 Å². The van der Waals surface area contributed by atoms with Crippen LogP contribution < -0.4 is 0 Å². The molecule has 2 aliphatic rings. The molecular weight excluding hydrogens is 404 g/mol. The number of nitrogens with zero attached hydrogens (tertiary/aromatic N) is 2. The Morgan fingerprint density at radius 2 is 1.63 bits per heavy atom. The second-order valence-corrected chi connectivity index (χ2v) is 9.53. The van der Waals surface area contributed by atoms with E-state index in [2.05, 4.69) is 0 Å². The minimum Gasteiger partial charge on any atom is -0.379 e. The van der Waals surface area contributed by atoms with Gasteiger partial charge in [-0.15, -0.1) is 0 Å². The van der Waals surface area contributed by atoms with Crippen LogP contribution >= 0.6 is 0 Å². The van der Waals surface area contributed by atoms with Crippen LogP contribution in [0, 0.1) is 0 Å². The Balaban J connectivity index is 1.49. The summed E-state index contributed by atoms with van der Waals surface area (Å²) in [5.74, 6) is -0.124. The van der Waals surface area contributed by atoms with Crippen LogP contribution in [0.3, 0.4) is 0 Å². The Bertz CT molecular complexity index is 972. The van der Waals surface area contributed by atoms with Gasteiger partial charge < -0.3 is 14.4 Å². The highest BCUT2D eigenvalue weighted by Gasteiger charge is 2.31. The van der Waals surface area contributed by atoms with Crippen LogP contribution in [0.1, 0.15) is 28.9 Å². The molecule has 0 aliphatic carbocycles. The topological polar surface area (TPSA) is 76.2 Å². The Morgan fingerprint density at radius 3 is 2.30 bits per heavy atom. The number of hydrogen-bond acceptors (Lipinski definition) is 5. The van der Waals surface area contributed by atoms with E-state index >= 15 is 0 Å². The Kier molecular flexibility index (Phi) is 6.19. The summed E-state index contributed by atoms with van der Waals surface area (Å²) in [4.78, 5) is 15.0. The van der Waals surface area contributed by atoms with Gasteiger partial charge in [-0.2, -0.15) is 4.31 Å². The van der Waals surface area contributed by atoms with Crippen LogP contribution in [-0.2, 0) is 19.5 Å². The third kappa shape index (κ3) is 4.41. The maximum absolute atomic E-state index is 13.1. The van der Waals surface area contributed by atoms with Crippen LogP contribution in [0.25, 0.3) is 0 Å². The first-order chi connectivity index (χ1) is 14.4. The molecule has 2 aromatic rings. The van der Waals surface area contributed by atoms with E-state index in [9.17, 15) is 13.2 Å². The number of carbonyl (C=O) groups excluding carboxylic acids is 1. The minimum atomic E-state index is -3.57. The SMILES string of the molecule is C[C@H]1CN(C(=O)c2ccc(S(=O)(=O)N3CCOCC3)cc2)C[C@H](c2ccccc2)O1. The van der Waals surface area contributed by atoms with Gasteiger partial charge in [0.15, 0.2) is 0 Å². The van der Waals surface area contributed by atoms with Crippen molar-refractivity contribution in [3.8, 4) is 0 Å². The smallest absolute Gasteiger partial charge is 0.254 e. The normalized spacial score (nSPS) is 23.3. The Labute approximate surface area is 177 Å². The molecule has 8 heteroatoms. The largest absolute Gasteiger partial charge is 0.379 e. The number of benzene rings is 2. The van der Waals surface area contributed by atoms with Gasteiger partial charge in [-0.1, -0.05) is 30.3 Å². The van der Waals surface area contributed by atoms with Crippen LogP contribution in [0.15, 0.2) is 59.5 Å². The number of carbonyl (C=O) groups is 1. The van der Waals surface area contributed by atoms with Crippen molar-refractivity contribution in [1.29, 1.82) is 0 Å². The third-order valence-corrected chi connectivity index (χ3v) is 7.34. The molecule has 7 nitrogen and oxygen atoms in total. The van der Waals surface area contributed by atoms with Crippen molar-refractivity contribution in [3.63, 3.8) is 0 Å². The Morgan fingerprint density at radius 1 is 0.967 bits per heavy atom. The van der Waals surface area contributed by atoms with Gasteiger partial charge in [0.2, 0.25) is 10.0 Å². The number of hydrogen-bond donors (Lipinski definition) is 0. The van der Waals surface area contributed by atoms with E-state index < -0.39 is 10.0 Å². The highest BCUT2D eigenvalue weighted by Crippen LogP contribution is 2.26. The first kappa shape index (κ1) is 21.0. The summed E-state index contributed by atoms with van der Waals surface area (Å²) in [6, 6.07) is 16.1. The van der Waals surface area contributed by atoms with E-state index in [-0.39, 0.29) is 23.0 Å². The average Bonchev–Trinajstić information content (AvgIpc) is 2.79. The van der Waals surface area contributed by atoms with Crippen LogP contribution in [-0.4, -0.2) is 69.0 Å². The van der Waals surface area contributed by atoms with Crippen LogP contribution in [0.2, 0.25) is 0 Å². The van der Waals surface area contributed by atoms with Crippen molar-refractivity contribution in [2.24, 2.45) is 0 Å².